The molecule has 1 aromatic rings. The van der Waals surface area contributed by atoms with E-state index in [9.17, 15) is 24.2 Å². The van der Waals surface area contributed by atoms with E-state index in [-0.39, 0.29) is 31.8 Å². The number of aliphatic hydroxyl groups is 1. The number of halogens is 1. The molecular formula is C21H30FNO6. The Hall–Kier alpha value is -2.48. The molecule has 0 radical (unpaired) electrons. The fraction of sp³-hybridized carbons (Fsp3) is 0.571. The number of carbonyl (C=O) groups excluding carboxylic acids is 1. The standard InChI is InChI=1S/C20H28FNO4.CH2O2/c1-14(2)4-3-5-18(24)22-11-10-17(23)20(13-22,19(25)26)12-15-6-8-16(21)9-7-15;2-1-3/h6-9,14,17,23H,3-5,10-13H2,1-2H3,(H,25,26);1H,(H,2,3)/t17-,20+;/m0./s1. The zero-order chi connectivity index (χ0) is 22.0. The molecule has 1 amide bonds. The van der Waals surface area contributed by atoms with Crippen molar-refractivity contribution in [3.63, 3.8) is 0 Å². The molecule has 2 atom stereocenters. The first kappa shape index (κ1) is 24.6. The van der Waals surface area contributed by atoms with E-state index in [0.717, 1.165) is 12.8 Å². The lowest BCUT2D eigenvalue weighted by Crippen LogP contribution is -2.58. The Morgan fingerprint density at radius 1 is 1.31 bits per heavy atom. The molecule has 7 nitrogen and oxygen atoms in total. The molecule has 1 saturated heterocycles. The van der Waals surface area contributed by atoms with Crippen LogP contribution in [-0.2, 0) is 20.8 Å². The van der Waals surface area contributed by atoms with Crippen LogP contribution in [-0.4, -0.2) is 57.8 Å². The molecular weight excluding hydrogens is 381 g/mol. The number of benzene rings is 1. The molecule has 29 heavy (non-hydrogen) atoms. The van der Waals surface area contributed by atoms with Gasteiger partial charge in [0.15, 0.2) is 0 Å². The van der Waals surface area contributed by atoms with E-state index in [0.29, 0.717) is 24.4 Å². The summed E-state index contributed by atoms with van der Waals surface area (Å²) in [6.07, 6.45) is 1.34. The van der Waals surface area contributed by atoms with Crippen molar-refractivity contribution < 1.29 is 34.1 Å². The maximum atomic E-state index is 13.1. The van der Waals surface area contributed by atoms with Crippen molar-refractivity contribution in [2.45, 2.75) is 52.1 Å². The van der Waals surface area contributed by atoms with Crippen LogP contribution >= 0.6 is 0 Å². The molecule has 3 N–H and O–H groups in total. The second kappa shape index (κ2) is 11.5. The van der Waals surface area contributed by atoms with Crippen LogP contribution in [0, 0.1) is 17.2 Å². The summed E-state index contributed by atoms with van der Waals surface area (Å²) in [7, 11) is 0. The van der Waals surface area contributed by atoms with Gasteiger partial charge in [0.25, 0.3) is 6.47 Å². The number of likely N-dealkylation sites (tertiary alicyclic amines) is 1. The van der Waals surface area contributed by atoms with E-state index in [2.05, 4.69) is 13.8 Å². The monoisotopic (exact) mass is 411 g/mol. The van der Waals surface area contributed by atoms with Gasteiger partial charge in [-0.15, -0.1) is 0 Å². The predicted molar refractivity (Wildman–Crippen MR) is 105 cm³/mol. The van der Waals surface area contributed by atoms with Crippen molar-refractivity contribution in [3.05, 3.63) is 35.6 Å². The number of carbonyl (C=O) groups is 3. The highest BCUT2D eigenvalue weighted by atomic mass is 19.1. The molecule has 8 heteroatoms. The lowest BCUT2D eigenvalue weighted by molar-refractivity contribution is -0.165. The number of hydrogen-bond acceptors (Lipinski definition) is 4. The number of nitrogens with zero attached hydrogens (tertiary/aromatic N) is 1. The van der Waals surface area contributed by atoms with Crippen LogP contribution in [0.15, 0.2) is 24.3 Å². The Bertz CT molecular complexity index is 678. The molecule has 1 fully saturated rings. The van der Waals surface area contributed by atoms with E-state index in [4.69, 9.17) is 9.90 Å². The molecule has 1 aliphatic heterocycles. The first-order valence-electron chi connectivity index (χ1n) is 9.67. The smallest absolute Gasteiger partial charge is 0.314 e. The van der Waals surface area contributed by atoms with Crippen molar-refractivity contribution in [2.24, 2.45) is 11.3 Å². The van der Waals surface area contributed by atoms with Crippen molar-refractivity contribution in [3.8, 4) is 0 Å². The third kappa shape index (κ3) is 7.12. The van der Waals surface area contributed by atoms with Crippen molar-refractivity contribution in [2.75, 3.05) is 13.1 Å². The Kier molecular flexibility index (Phi) is 9.74. The third-order valence-electron chi connectivity index (χ3n) is 5.17. The van der Waals surface area contributed by atoms with Crippen molar-refractivity contribution >= 4 is 18.3 Å². The van der Waals surface area contributed by atoms with Gasteiger partial charge in [0.1, 0.15) is 11.2 Å². The van der Waals surface area contributed by atoms with Gasteiger partial charge in [0, 0.05) is 19.5 Å². The molecule has 162 valence electrons. The lowest BCUT2D eigenvalue weighted by atomic mass is 9.72. The molecule has 0 saturated carbocycles. The summed E-state index contributed by atoms with van der Waals surface area (Å²) in [5.74, 6) is -1.08. The van der Waals surface area contributed by atoms with Gasteiger partial charge >= 0.3 is 5.97 Å². The first-order valence-corrected chi connectivity index (χ1v) is 9.67. The van der Waals surface area contributed by atoms with Gasteiger partial charge in [-0.3, -0.25) is 14.4 Å². The summed E-state index contributed by atoms with van der Waals surface area (Å²) in [4.78, 5) is 34.5. The van der Waals surface area contributed by atoms with Crippen LogP contribution in [0.5, 0.6) is 0 Å². The number of aliphatic carboxylic acids is 1. The largest absolute Gasteiger partial charge is 0.483 e. The minimum absolute atomic E-state index is 0.0264. The van der Waals surface area contributed by atoms with E-state index in [1.165, 1.54) is 24.3 Å². The summed E-state index contributed by atoms with van der Waals surface area (Å²) < 4.78 is 13.1. The van der Waals surface area contributed by atoms with E-state index in [1.54, 1.807) is 4.90 Å². The summed E-state index contributed by atoms with van der Waals surface area (Å²) >= 11 is 0. The Labute approximate surface area is 170 Å². The second-order valence-corrected chi connectivity index (χ2v) is 7.78. The number of carboxylic acids is 1. The highest BCUT2D eigenvalue weighted by Gasteiger charge is 2.50. The maximum Gasteiger partial charge on any atom is 0.314 e. The predicted octanol–water partition coefficient (Wildman–Crippen LogP) is 2.56. The van der Waals surface area contributed by atoms with Crippen LogP contribution in [0.2, 0.25) is 0 Å². The van der Waals surface area contributed by atoms with E-state index >= 15 is 0 Å². The van der Waals surface area contributed by atoms with Gasteiger partial charge in [-0.2, -0.15) is 0 Å². The quantitative estimate of drug-likeness (QED) is 0.594. The molecule has 0 bridgehead atoms. The molecule has 0 aromatic heterocycles. The van der Waals surface area contributed by atoms with Crippen LogP contribution < -0.4 is 0 Å². The van der Waals surface area contributed by atoms with Crippen molar-refractivity contribution in [1.82, 2.24) is 4.90 Å². The van der Waals surface area contributed by atoms with E-state index in [1.807, 2.05) is 0 Å². The normalized spacial score (nSPS) is 21.3. The third-order valence-corrected chi connectivity index (χ3v) is 5.17. The fourth-order valence-corrected chi connectivity index (χ4v) is 3.54. The average Bonchev–Trinajstić information content (AvgIpc) is 2.65. The summed E-state index contributed by atoms with van der Waals surface area (Å²) in [6, 6.07) is 5.59. The first-order chi connectivity index (χ1) is 13.7. The zero-order valence-electron chi connectivity index (χ0n) is 16.9. The minimum atomic E-state index is -1.47. The molecule has 0 spiro atoms. The van der Waals surface area contributed by atoms with Gasteiger partial charge < -0.3 is 20.2 Å². The van der Waals surface area contributed by atoms with Gasteiger partial charge in [-0.25, -0.2) is 4.39 Å². The Morgan fingerprint density at radius 2 is 1.90 bits per heavy atom. The maximum absolute atomic E-state index is 13.1. The summed E-state index contributed by atoms with van der Waals surface area (Å²) in [5.41, 5.74) is -0.842. The molecule has 1 heterocycles. The van der Waals surface area contributed by atoms with Gasteiger partial charge in [-0.05, 0) is 42.9 Å². The van der Waals surface area contributed by atoms with Crippen LogP contribution in [0.25, 0.3) is 0 Å². The summed E-state index contributed by atoms with van der Waals surface area (Å²) in [5, 5.41) is 27.2. The fourth-order valence-electron chi connectivity index (χ4n) is 3.54. The second-order valence-electron chi connectivity index (χ2n) is 7.78. The van der Waals surface area contributed by atoms with Crippen LogP contribution in [0.1, 0.15) is 45.1 Å². The van der Waals surface area contributed by atoms with Crippen LogP contribution in [0.3, 0.4) is 0 Å². The molecule has 0 aliphatic carbocycles. The highest BCUT2D eigenvalue weighted by Crippen LogP contribution is 2.35. The number of carboxylic acid groups (broad SMARTS) is 2. The highest BCUT2D eigenvalue weighted by molar-refractivity contribution is 5.80. The molecule has 2 rings (SSSR count). The topological polar surface area (TPSA) is 115 Å². The number of amides is 1. The number of rotatable bonds is 7. The molecule has 0 unspecified atom stereocenters. The molecule has 1 aromatic carbocycles. The van der Waals surface area contributed by atoms with Gasteiger partial charge in [0.05, 0.1) is 6.10 Å². The zero-order valence-corrected chi connectivity index (χ0v) is 16.9. The molecule has 1 aliphatic rings. The van der Waals surface area contributed by atoms with Crippen LogP contribution in [0.4, 0.5) is 4.39 Å². The number of aliphatic hydroxyl groups excluding tert-OH is 1. The SMILES string of the molecule is CC(C)CCCC(=O)N1CC[C@H](O)[C@](Cc2ccc(F)cc2)(C(=O)O)C1.O=CO. The van der Waals surface area contributed by atoms with Gasteiger partial charge in [-0.1, -0.05) is 32.4 Å². The average molecular weight is 411 g/mol. The number of hydrogen-bond donors (Lipinski definition) is 3. The lowest BCUT2D eigenvalue weighted by Gasteiger charge is -2.43. The summed E-state index contributed by atoms with van der Waals surface area (Å²) in [6.45, 7) is 4.28. The van der Waals surface area contributed by atoms with Crippen molar-refractivity contribution in [1.29, 1.82) is 0 Å². The minimum Gasteiger partial charge on any atom is -0.483 e. The number of piperidine rings is 1. The Morgan fingerprint density at radius 3 is 2.41 bits per heavy atom. The Balaban J connectivity index is 0.00000132. The van der Waals surface area contributed by atoms with E-state index < -0.39 is 23.3 Å². The van der Waals surface area contributed by atoms with Gasteiger partial charge in [0.2, 0.25) is 5.91 Å².